The molecule has 0 saturated carbocycles. The molecule has 1 aliphatic heterocycles. The highest BCUT2D eigenvalue weighted by Crippen LogP contribution is 2.59. The summed E-state index contributed by atoms with van der Waals surface area (Å²) in [6, 6.07) is 7.33. The largest absolute Gasteiger partial charge is 0.455 e. The van der Waals surface area contributed by atoms with Crippen molar-refractivity contribution >= 4 is 36.6 Å². The summed E-state index contributed by atoms with van der Waals surface area (Å²) in [5, 5.41) is 3.66. The molecular formula is C24H30N3O7P. The molecule has 1 aliphatic rings. The number of amides is 2. The van der Waals surface area contributed by atoms with Gasteiger partial charge in [-0.2, -0.15) is 0 Å². The van der Waals surface area contributed by atoms with Crippen LogP contribution in [0.1, 0.15) is 41.8 Å². The first kappa shape index (κ1) is 26.4. The van der Waals surface area contributed by atoms with Gasteiger partial charge in [0.05, 0.1) is 16.9 Å². The van der Waals surface area contributed by atoms with E-state index in [4.69, 9.17) is 19.5 Å². The number of ketones is 1. The predicted molar refractivity (Wildman–Crippen MR) is 132 cm³/mol. The van der Waals surface area contributed by atoms with E-state index in [0.29, 0.717) is 5.75 Å². The van der Waals surface area contributed by atoms with Gasteiger partial charge in [0.2, 0.25) is 5.91 Å². The van der Waals surface area contributed by atoms with Crippen molar-refractivity contribution in [1.29, 1.82) is 0 Å². The summed E-state index contributed by atoms with van der Waals surface area (Å²) in [4.78, 5) is 38.9. The van der Waals surface area contributed by atoms with Gasteiger partial charge in [-0.05, 0) is 63.1 Å². The zero-order valence-electron chi connectivity index (χ0n) is 20.6. The number of hydrogen-bond acceptors (Lipinski definition) is 8. The van der Waals surface area contributed by atoms with Crippen molar-refractivity contribution in [2.45, 2.75) is 45.3 Å². The van der Waals surface area contributed by atoms with Gasteiger partial charge >= 0.3 is 7.60 Å². The third-order valence-corrected chi connectivity index (χ3v) is 8.51. The molecule has 0 unspecified atom stereocenters. The van der Waals surface area contributed by atoms with Crippen LogP contribution in [0.5, 0.6) is 11.5 Å². The number of nitrogens with two attached hydrogens (primary N) is 1. The Bertz CT molecular complexity index is 1210. The van der Waals surface area contributed by atoms with E-state index in [9.17, 15) is 18.9 Å². The second kappa shape index (κ2) is 9.81. The lowest BCUT2D eigenvalue weighted by Crippen LogP contribution is -2.46. The van der Waals surface area contributed by atoms with Crippen LogP contribution in [0.25, 0.3) is 0 Å². The minimum Gasteiger partial charge on any atom is -0.455 e. The van der Waals surface area contributed by atoms with E-state index in [0.717, 1.165) is 11.1 Å². The van der Waals surface area contributed by atoms with Crippen molar-refractivity contribution in [3.63, 3.8) is 0 Å². The topological polar surface area (TPSA) is 146 Å². The average molecular weight is 503 g/mol. The summed E-state index contributed by atoms with van der Waals surface area (Å²) in [7, 11) is -1.44. The molecule has 2 aromatic rings. The Hall–Kier alpha value is -3.20. The van der Waals surface area contributed by atoms with E-state index in [1.807, 2.05) is 32.0 Å². The maximum absolute atomic E-state index is 13.0. The monoisotopic (exact) mass is 503 g/mol. The fourth-order valence-electron chi connectivity index (χ4n) is 3.88. The van der Waals surface area contributed by atoms with E-state index in [-0.39, 0.29) is 22.7 Å². The lowest BCUT2D eigenvalue weighted by atomic mass is 10.00. The number of aryl methyl sites for hydroxylation is 2. The fraction of sp³-hybridized carbons (Fsp3) is 0.375. The number of ether oxygens (including phenoxy) is 1. The predicted octanol–water partition coefficient (Wildman–Crippen LogP) is 3.95. The number of Topliss-reactive ketones (excluding diaryl/α,β-unsaturated/α-hetero) is 1. The van der Waals surface area contributed by atoms with Crippen molar-refractivity contribution in [1.82, 2.24) is 5.32 Å². The zero-order valence-corrected chi connectivity index (χ0v) is 21.4. The maximum Gasteiger partial charge on any atom is 0.343 e. The van der Waals surface area contributed by atoms with Crippen molar-refractivity contribution in [3.05, 3.63) is 47.0 Å². The fourth-order valence-corrected chi connectivity index (χ4v) is 5.34. The van der Waals surface area contributed by atoms with Crippen LogP contribution in [0.2, 0.25) is 0 Å². The average Bonchev–Trinajstić information content (AvgIpc) is 2.88. The van der Waals surface area contributed by atoms with Crippen LogP contribution in [-0.2, 0) is 23.2 Å². The van der Waals surface area contributed by atoms with Crippen molar-refractivity contribution in [2.75, 3.05) is 25.3 Å². The second-order valence-corrected chi connectivity index (χ2v) is 11.8. The van der Waals surface area contributed by atoms with E-state index in [1.54, 1.807) is 0 Å². The Labute approximate surface area is 204 Å². The summed E-state index contributed by atoms with van der Waals surface area (Å²) >= 11 is 0. The molecule has 4 N–H and O–H groups in total. The third-order valence-electron chi connectivity index (χ3n) is 5.93. The molecule has 0 saturated heterocycles. The first-order valence-corrected chi connectivity index (χ1v) is 12.4. The van der Waals surface area contributed by atoms with Crippen LogP contribution in [0, 0.1) is 13.8 Å². The molecule has 35 heavy (non-hydrogen) atoms. The molecule has 0 aromatic heterocycles. The number of anilines is 2. The molecule has 0 fully saturated rings. The highest BCUT2D eigenvalue weighted by atomic mass is 31.2. The van der Waals surface area contributed by atoms with Gasteiger partial charge in [-0.1, -0.05) is 6.07 Å². The van der Waals surface area contributed by atoms with Crippen LogP contribution in [0.4, 0.5) is 11.4 Å². The van der Waals surface area contributed by atoms with Gasteiger partial charge in [0.15, 0.2) is 11.5 Å². The third kappa shape index (κ3) is 5.24. The van der Waals surface area contributed by atoms with Crippen LogP contribution < -0.4 is 21.1 Å². The maximum atomic E-state index is 13.0. The number of carbonyl (C=O) groups is 3. The quantitative estimate of drug-likeness (QED) is 0.363. The van der Waals surface area contributed by atoms with Crippen LogP contribution in [0.3, 0.4) is 0 Å². The molecule has 1 atom stereocenters. The SMILES string of the molecule is COP(=O)(OC)C(C)(C)C(=O)C[C@@H]1NC(=O)c2cc(Oc3cc(C)cc(C)c3)c(N)cc2NC1=O. The Morgan fingerprint density at radius 1 is 1.06 bits per heavy atom. The summed E-state index contributed by atoms with van der Waals surface area (Å²) in [5.74, 6) is -0.989. The van der Waals surface area contributed by atoms with Gasteiger partial charge in [0.25, 0.3) is 5.91 Å². The van der Waals surface area contributed by atoms with Gasteiger partial charge in [0.1, 0.15) is 16.9 Å². The first-order valence-electron chi connectivity index (χ1n) is 10.9. The first-order chi connectivity index (χ1) is 16.3. The number of nitrogen functional groups attached to an aromatic ring is 1. The van der Waals surface area contributed by atoms with Gasteiger partial charge < -0.3 is 30.2 Å². The lowest BCUT2D eigenvalue weighted by molar-refractivity contribution is -0.125. The van der Waals surface area contributed by atoms with E-state index in [2.05, 4.69) is 10.6 Å². The molecule has 0 bridgehead atoms. The molecular weight excluding hydrogens is 473 g/mol. The van der Waals surface area contributed by atoms with Crippen LogP contribution in [0.15, 0.2) is 30.3 Å². The Balaban J connectivity index is 1.87. The standard InChI is InChI=1S/C24H30N3O7P/c1-13-7-14(2)9-15(8-13)34-20-10-16-18(11-17(20)25)26-23(30)19(27-22(16)29)12-21(28)24(3,4)35(31,32-5)33-6/h7-11,19H,12,25H2,1-6H3,(H,26,30)(H,27,29)/t19-/m0/s1. The molecule has 0 aliphatic carbocycles. The van der Waals surface area contributed by atoms with Gasteiger partial charge in [-0.3, -0.25) is 18.9 Å². The molecule has 10 nitrogen and oxygen atoms in total. The molecule has 1 heterocycles. The number of fused-ring (bicyclic) bond motifs is 1. The number of hydrogen-bond donors (Lipinski definition) is 3. The van der Waals surface area contributed by atoms with E-state index in [1.165, 1.54) is 40.2 Å². The zero-order chi connectivity index (χ0) is 26.1. The highest BCUT2D eigenvalue weighted by molar-refractivity contribution is 7.56. The minimum atomic E-state index is -3.79. The van der Waals surface area contributed by atoms with E-state index < -0.39 is 42.8 Å². The summed E-state index contributed by atoms with van der Waals surface area (Å²) in [6.45, 7) is 6.69. The highest BCUT2D eigenvalue weighted by Gasteiger charge is 2.49. The van der Waals surface area contributed by atoms with Gasteiger partial charge in [0, 0.05) is 20.6 Å². The molecule has 188 valence electrons. The van der Waals surface area contributed by atoms with E-state index >= 15 is 0 Å². The van der Waals surface area contributed by atoms with Crippen molar-refractivity contribution < 1.29 is 32.7 Å². The molecule has 2 amide bonds. The number of benzene rings is 2. The Kier molecular flexibility index (Phi) is 7.40. The number of rotatable bonds is 8. The second-order valence-electron chi connectivity index (χ2n) is 8.93. The number of carbonyl (C=O) groups excluding carboxylic acids is 3. The van der Waals surface area contributed by atoms with Gasteiger partial charge in [-0.15, -0.1) is 0 Å². The molecule has 11 heteroatoms. The molecule has 0 spiro atoms. The summed E-state index contributed by atoms with van der Waals surface area (Å²) in [5.41, 5.74) is 8.67. The minimum absolute atomic E-state index is 0.126. The van der Waals surface area contributed by atoms with Crippen molar-refractivity contribution in [3.8, 4) is 11.5 Å². The molecule has 2 aromatic carbocycles. The number of nitrogens with one attached hydrogen (secondary N) is 2. The molecule has 0 radical (unpaired) electrons. The summed E-state index contributed by atoms with van der Waals surface area (Å²) < 4.78 is 28.7. The van der Waals surface area contributed by atoms with Crippen LogP contribution >= 0.6 is 7.60 Å². The lowest BCUT2D eigenvalue weighted by Gasteiger charge is -2.30. The smallest absolute Gasteiger partial charge is 0.343 e. The normalized spacial score (nSPS) is 16.1. The molecule has 3 rings (SSSR count). The van der Waals surface area contributed by atoms with Gasteiger partial charge in [-0.25, -0.2) is 0 Å². The van der Waals surface area contributed by atoms with Crippen molar-refractivity contribution in [2.24, 2.45) is 0 Å². The Morgan fingerprint density at radius 3 is 2.23 bits per heavy atom. The summed E-state index contributed by atoms with van der Waals surface area (Å²) in [6.07, 6.45) is -0.420. The Morgan fingerprint density at radius 2 is 1.66 bits per heavy atom. The van der Waals surface area contributed by atoms with Crippen LogP contribution in [-0.4, -0.2) is 43.0 Å².